The maximum Gasteiger partial charge on any atom is 0.252 e. The van der Waals surface area contributed by atoms with Gasteiger partial charge in [-0.3, -0.25) is 0 Å². The van der Waals surface area contributed by atoms with Gasteiger partial charge in [-0.05, 0) is 40.9 Å². The Bertz CT molecular complexity index is 543. The van der Waals surface area contributed by atoms with Crippen LogP contribution in [0.5, 0.6) is 0 Å². The van der Waals surface area contributed by atoms with Crippen LogP contribution in [0.3, 0.4) is 0 Å². The topological polar surface area (TPSA) is 61.2 Å². The molecular weight excluding hydrogens is 324 g/mol. The van der Waals surface area contributed by atoms with Gasteiger partial charge in [-0.25, -0.2) is 8.42 Å². The molecule has 0 N–H and O–H groups in total. The van der Waals surface area contributed by atoms with E-state index >= 15 is 0 Å². The molecule has 1 heterocycles. The van der Waals surface area contributed by atoms with Crippen molar-refractivity contribution < 1.29 is 8.42 Å². The van der Waals surface area contributed by atoms with Crippen LogP contribution in [0.1, 0.15) is 19.3 Å². The van der Waals surface area contributed by atoms with Crippen molar-refractivity contribution in [3.05, 3.63) is 15.9 Å². The lowest BCUT2D eigenvalue weighted by atomic mass is 10.4. The third-order valence-corrected chi connectivity index (χ3v) is 6.55. The van der Waals surface area contributed by atoms with Crippen molar-refractivity contribution in [3.63, 3.8) is 0 Å². The predicted octanol–water partition coefficient (Wildman–Crippen LogP) is 2.58. The second-order valence-electron chi connectivity index (χ2n) is 3.81. The zero-order valence-electron chi connectivity index (χ0n) is 8.97. The van der Waals surface area contributed by atoms with Crippen molar-refractivity contribution in [3.8, 4) is 6.07 Å². The maximum absolute atomic E-state index is 12.3. The van der Waals surface area contributed by atoms with Crippen molar-refractivity contribution in [2.24, 2.45) is 0 Å². The molecule has 1 fully saturated rings. The fraction of sp³-hybridized carbons (Fsp3) is 0.500. The minimum atomic E-state index is -3.42. The third kappa shape index (κ3) is 2.88. The largest absolute Gasteiger partial charge is 0.252 e. The van der Waals surface area contributed by atoms with Crippen molar-refractivity contribution in [1.29, 1.82) is 5.26 Å². The molecule has 92 valence electrons. The zero-order valence-corrected chi connectivity index (χ0v) is 12.2. The minimum absolute atomic E-state index is 0.0919. The van der Waals surface area contributed by atoms with E-state index in [9.17, 15) is 8.42 Å². The van der Waals surface area contributed by atoms with Crippen LogP contribution >= 0.6 is 27.3 Å². The van der Waals surface area contributed by atoms with E-state index in [2.05, 4.69) is 15.9 Å². The molecule has 0 aromatic carbocycles. The van der Waals surface area contributed by atoms with Gasteiger partial charge in [-0.15, -0.1) is 11.3 Å². The summed E-state index contributed by atoms with van der Waals surface area (Å²) in [5.41, 5.74) is 0. The summed E-state index contributed by atoms with van der Waals surface area (Å²) in [7, 11) is -3.42. The van der Waals surface area contributed by atoms with E-state index in [1.807, 2.05) is 6.07 Å². The summed E-state index contributed by atoms with van der Waals surface area (Å²) < 4.78 is 27.3. The Labute approximate surface area is 113 Å². The Morgan fingerprint density at radius 2 is 2.24 bits per heavy atom. The number of sulfonamides is 1. The van der Waals surface area contributed by atoms with E-state index in [0.29, 0.717) is 10.8 Å². The second-order valence-corrected chi connectivity index (χ2v) is 8.39. The Morgan fingerprint density at radius 1 is 1.53 bits per heavy atom. The van der Waals surface area contributed by atoms with Gasteiger partial charge in [-0.1, -0.05) is 0 Å². The standard InChI is InChI=1S/C10H11BrN2O2S2/c11-9-4-5-10(16-9)17(14,15)13(7-1-6-12)8-2-3-8/h4-5,8H,1-3,7H2. The molecule has 0 saturated heterocycles. The highest BCUT2D eigenvalue weighted by Crippen LogP contribution is 2.35. The lowest BCUT2D eigenvalue weighted by molar-refractivity contribution is 0.412. The molecule has 0 unspecified atom stereocenters. The van der Waals surface area contributed by atoms with Crippen LogP contribution in [0.25, 0.3) is 0 Å². The van der Waals surface area contributed by atoms with Crippen molar-refractivity contribution in [2.75, 3.05) is 6.54 Å². The molecule has 0 bridgehead atoms. The quantitative estimate of drug-likeness (QED) is 0.831. The average Bonchev–Trinajstić information content (AvgIpc) is 3.00. The maximum atomic E-state index is 12.3. The number of hydrogen-bond donors (Lipinski definition) is 0. The van der Waals surface area contributed by atoms with Crippen LogP contribution in [0.2, 0.25) is 0 Å². The SMILES string of the molecule is N#CCCN(C1CC1)S(=O)(=O)c1ccc(Br)s1. The van der Waals surface area contributed by atoms with Crippen LogP contribution in [-0.4, -0.2) is 25.3 Å². The normalized spacial score (nSPS) is 16.1. The number of nitriles is 1. The van der Waals surface area contributed by atoms with Gasteiger partial charge >= 0.3 is 0 Å². The summed E-state index contributed by atoms with van der Waals surface area (Å²) in [4.78, 5) is 0. The monoisotopic (exact) mass is 334 g/mol. The fourth-order valence-electron chi connectivity index (χ4n) is 1.57. The summed E-state index contributed by atoms with van der Waals surface area (Å²) >= 11 is 4.47. The molecule has 1 saturated carbocycles. The molecule has 0 atom stereocenters. The van der Waals surface area contributed by atoms with Crippen LogP contribution in [0.4, 0.5) is 0 Å². The van der Waals surface area contributed by atoms with Gasteiger partial charge < -0.3 is 0 Å². The Kier molecular flexibility index (Phi) is 3.88. The van der Waals surface area contributed by atoms with Gasteiger partial charge in [0.25, 0.3) is 10.0 Å². The molecule has 0 spiro atoms. The first kappa shape index (κ1) is 13.0. The van der Waals surface area contributed by atoms with E-state index in [1.165, 1.54) is 15.6 Å². The van der Waals surface area contributed by atoms with E-state index in [-0.39, 0.29) is 12.5 Å². The highest BCUT2D eigenvalue weighted by atomic mass is 79.9. The summed E-state index contributed by atoms with van der Waals surface area (Å²) in [6.45, 7) is 0.291. The summed E-state index contributed by atoms with van der Waals surface area (Å²) in [5, 5.41) is 8.58. The molecule has 1 aliphatic carbocycles. The third-order valence-electron chi connectivity index (χ3n) is 2.51. The van der Waals surface area contributed by atoms with Crippen molar-refractivity contribution >= 4 is 37.3 Å². The molecule has 17 heavy (non-hydrogen) atoms. The first-order valence-electron chi connectivity index (χ1n) is 5.20. The number of hydrogen-bond acceptors (Lipinski definition) is 4. The van der Waals surface area contributed by atoms with Crippen LogP contribution in [0, 0.1) is 11.3 Å². The lowest BCUT2D eigenvalue weighted by Crippen LogP contribution is -2.33. The fourth-order valence-corrected chi connectivity index (χ4v) is 5.40. The summed E-state index contributed by atoms with van der Waals surface area (Å²) in [5.74, 6) is 0. The van der Waals surface area contributed by atoms with Crippen molar-refractivity contribution in [2.45, 2.75) is 29.5 Å². The van der Waals surface area contributed by atoms with E-state index < -0.39 is 10.0 Å². The number of rotatable bonds is 5. The van der Waals surface area contributed by atoms with E-state index in [1.54, 1.807) is 12.1 Å². The molecule has 4 nitrogen and oxygen atoms in total. The molecule has 0 amide bonds. The molecule has 1 aromatic heterocycles. The molecule has 0 aliphatic heterocycles. The first-order valence-corrected chi connectivity index (χ1v) is 8.25. The van der Waals surface area contributed by atoms with Gasteiger partial charge in [0.2, 0.25) is 0 Å². The number of thiophene rings is 1. The predicted molar refractivity (Wildman–Crippen MR) is 69.2 cm³/mol. The van der Waals surface area contributed by atoms with Crippen LogP contribution in [-0.2, 0) is 10.0 Å². The number of halogens is 1. The summed E-state index contributed by atoms with van der Waals surface area (Å²) in [6.07, 6.45) is 2.04. The zero-order chi connectivity index (χ0) is 12.5. The molecule has 1 aliphatic rings. The van der Waals surface area contributed by atoms with Gasteiger partial charge in [-0.2, -0.15) is 9.57 Å². The van der Waals surface area contributed by atoms with E-state index in [0.717, 1.165) is 16.6 Å². The van der Waals surface area contributed by atoms with Gasteiger partial charge in [0.1, 0.15) is 4.21 Å². The smallest absolute Gasteiger partial charge is 0.206 e. The van der Waals surface area contributed by atoms with Gasteiger partial charge in [0.15, 0.2) is 0 Å². The Hall–Kier alpha value is -0.420. The molecule has 0 radical (unpaired) electrons. The van der Waals surface area contributed by atoms with Crippen molar-refractivity contribution in [1.82, 2.24) is 4.31 Å². The Balaban J connectivity index is 2.25. The van der Waals surface area contributed by atoms with Crippen LogP contribution < -0.4 is 0 Å². The molecular formula is C10H11BrN2O2S2. The van der Waals surface area contributed by atoms with Crippen LogP contribution in [0.15, 0.2) is 20.1 Å². The molecule has 1 aromatic rings. The minimum Gasteiger partial charge on any atom is -0.206 e. The summed E-state index contributed by atoms with van der Waals surface area (Å²) in [6, 6.07) is 5.42. The molecule has 7 heteroatoms. The Morgan fingerprint density at radius 3 is 2.71 bits per heavy atom. The second kappa shape index (κ2) is 5.06. The van der Waals surface area contributed by atoms with E-state index in [4.69, 9.17) is 5.26 Å². The highest BCUT2D eigenvalue weighted by Gasteiger charge is 2.38. The average molecular weight is 335 g/mol. The lowest BCUT2D eigenvalue weighted by Gasteiger charge is -2.19. The first-order chi connectivity index (χ1) is 8.05. The number of nitrogens with zero attached hydrogens (tertiary/aromatic N) is 2. The van der Waals surface area contributed by atoms with Gasteiger partial charge in [0.05, 0.1) is 9.86 Å². The highest BCUT2D eigenvalue weighted by molar-refractivity contribution is 9.11. The molecule has 2 rings (SSSR count). The van der Waals surface area contributed by atoms with Gasteiger partial charge in [0, 0.05) is 19.0 Å².